The Balaban J connectivity index is 1.72. The molecule has 0 aliphatic carbocycles. The van der Waals surface area contributed by atoms with Crippen molar-refractivity contribution in [3.05, 3.63) is 12.2 Å². The topological polar surface area (TPSA) is 24.5 Å². The highest BCUT2D eigenvalue weighted by Crippen LogP contribution is 2.03. The van der Waals surface area contributed by atoms with E-state index in [0.717, 1.165) is 32.8 Å². The van der Waals surface area contributed by atoms with Crippen molar-refractivity contribution in [1.82, 2.24) is 10.2 Å². The molecule has 0 aromatic heterocycles. The summed E-state index contributed by atoms with van der Waals surface area (Å²) in [6.45, 7) is 6.20. The van der Waals surface area contributed by atoms with Crippen LogP contribution in [0.2, 0.25) is 0 Å². The maximum absolute atomic E-state index is 5.42. The molecule has 2 aliphatic rings. The lowest BCUT2D eigenvalue weighted by molar-refractivity contribution is 0.0632. The number of rotatable bonds is 2. The van der Waals surface area contributed by atoms with E-state index in [1.807, 2.05) is 0 Å². The van der Waals surface area contributed by atoms with Crippen molar-refractivity contribution in [3.8, 4) is 0 Å². The second-order valence-electron chi connectivity index (χ2n) is 3.75. The Morgan fingerprint density at radius 1 is 1.46 bits per heavy atom. The van der Waals surface area contributed by atoms with Crippen molar-refractivity contribution < 1.29 is 4.74 Å². The number of hydrogen-bond acceptors (Lipinski definition) is 3. The number of nitrogens with one attached hydrogen (secondary N) is 1. The number of morpholine rings is 1. The SMILES string of the molecule is C1=CCN(CC2COCCN2)CC1. The zero-order valence-electron chi connectivity index (χ0n) is 8.04. The summed E-state index contributed by atoms with van der Waals surface area (Å²) < 4.78 is 5.42. The Morgan fingerprint density at radius 2 is 2.46 bits per heavy atom. The van der Waals surface area contributed by atoms with Gasteiger partial charge in [0.1, 0.15) is 0 Å². The molecular formula is C10H18N2O. The van der Waals surface area contributed by atoms with E-state index in [1.54, 1.807) is 0 Å². The fourth-order valence-corrected chi connectivity index (χ4v) is 1.90. The molecule has 0 spiro atoms. The predicted molar refractivity (Wildman–Crippen MR) is 52.8 cm³/mol. The van der Waals surface area contributed by atoms with Crippen molar-refractivity contribution in [1.29, 1.82) is 0 Å². The smallest absolute Gasteiger partial charge is 0.0632 e. The second-order valence-corrected chi connectivity index (χ2v) is 3.75. The molecule has 1 fully saturated rings. The molecule has 1 unspecified atom stereocenters. The van der Waals surface area contributed by atoms with E-state index in [2.05, 4.69) is 22.4 Å². The molecule has 2 rings (SSSR count). The highest BCUT2D eigenvalue weighted by atomic mass is 16.5. The molecule has 1 atom stereocenters. The van der Waals surface area contributed by atoms with Crippen LogP contribution in [0.15, 0.2) is 12.2 Å². The maximum atomic E-state index is 5.42. The van der Waals surface area contributed by atoms with E-state index < -0.39 is 0 Å². The van der Waals surface area contributed by atoms with Crippen molar-refractivity contribution in [2.75, 3.05) is 39.4 Å². The first-order valence-corrected chi connectivity index (χ1v) is 5.13. The molecule has 0 amide bonds. The van der Waals surface area contributed by atoms with Gasteiger partial charge in [-0.25, -0.2) is 0 Å². The van der Waals surface area contributed by atoms with Crippen LogP contribution >= 0.6 is 0 Å². The van der Waals surface area contributed by atoms with E-state index in [0.29, 0.717) is 6.04 Å². The van der Waals surface area contributed by atoms with Gasteiger partial charge in [-0.2, -0.15) is 0 Å². The van der Waals surface area contributed by atoms with E-state index in [1.165, 1.54) is 13.0 Å². The molecule has 0 saturated carbocycles. The lowest BCUT2D eigenvalue weighted by atomic mass is 10.2. The van der Waals surface area contributed by atoms with Crippen LogP contribution in [-0.2, 0) is 4.74 Å². The standard InChI is InChI=1S/C10H18N2O/c1-2-5-12(6-3-1)8-10-9-13-7-4-11-10/h1-2,10-11H,3-9H2. The first kappa shape index (κ1) is 9.19. The highest BCUT2D eigenvalue weighted by Gasteiger charge is 2.16. The molecular weight excluding hydrogens is 164 g/mol. The van der Waals surface area contributed by atoms with Crippen LogP contribution in [0.4, 0.5) is 0 Å². The van der Waals surface area contributed by atoms with E-state index in [9.17, 15) is 0 Å². The van der Waals surface area contributed by atoms with Crippen molar-refractivity contribution in [2.45, 2.75) is 12.5 Å². The summed E-state index contributed by atoms with van der Waals surface area (Å²) in [6, 6.07) is 0.542. The van der Waals surface area contributed by atoms with Gasteiger partial charge in [-0.15, -0.1) is 0 Å². The third kappa shape index (κ3) is 2.79. The lowest BCUT2D eigenvalue weighted by Gasteiger charge is -2.30. The molecule has 1 saturated heterocycles. The van der Waals surface area contributed by atoms with Gasteiger partial charge in [0.25, 0.3) is 0 Å². The van der Waals surface area contributed by atoms with Crippen LogP contribution in [0.25, 0.3) is 0 Å². The van der Waals surface area contributed by atoms with Gasteiger partial charge in [0.15, 0.2) is 0 Å². The first-order valence-electron chi connectivity index (χ1n) is 5.13. The monoisotopic (exact) mass is 182 g/mol. The van der Waals surface area contributed by atoms with Crippen LogP contribution in [-0.4, -0.2) is 50.3 Å². The van der Waals surface area contributed by atoms with Crippen LogP contribution in [0, 0.1) is 0 Å². The summed E-state index contributed by atoms with van der Waals surface area (Å²) in [4.78, 5) is 2.48. The molecule has 1 N–H and O–H groups in total. The molecule has 0 aromatic rings. The fourth-order valence-electron chi connectivity index (χ4n) is 1.90. The molecule has 0 bridgehead atoms. The minimum atomic E-state index is 0.542. The molecule has 13 heavy (non-hydrogen) atoms. The molecule has 3 heteroatoms. The minimum absolute atomic E-state index is 0.542. The predicted octanol–water partition coefficient (Wildman–Crippen LogP) is 0.237. The second kappa shape index (κ2) is 4.74. The van der Waals surface area contributed by atoms with Gasteiger partial charge in [0.2, 0.25) is 0 Å². The van der Waals surface area contributed by atoms with Crippen LogP contribution < -0.4 is 5.32 Å². The van der Waals surface area contributed by atoms with Crippen molar-refractivity contribution in [2.24, 2.45) is 0 Å². The van der Waals surface area contributed by atoms with Crippen LogP contribution in [0.3, 0.4) is 0 Å². The first-order chi connectivity index (χ1) is 6.45. The number of ether oxygens (including phenoxy) is 1. The summed E-state index contributed by atoms with van der Waals surface area (Å²) in [6.07, 6.45) is 5.72. The van der Waals surface area contributed by atoms with Gasteiger partial charge in [-0.3, -0.25) is 4.90 Å². The van der Waals surface area contributed by atoms with Gasteiger partial charge in [0.05, 0.1) is 13.2 Å². The van der Waals surface area contributed by atoms with Gasteiger partial charge in [-0.1, -0.05) is 12.2 Å². The Bertz CT molecular complexity index is 176. The summed E-state index contributed by atoms with van der Waals surface area (Å²) in [7, 11) is 0. The van der Waals surface area contributed by atoms with Crippen molar-refractivity contribution in [3.63, 3.8) is 0 Å². The number of nitrogens with zero attached hydrogens (tertiary/aromatic N) is 1. The number of hydrogen-bond donors (Lipinski definition) is 1. The van der Waals surface area contributed by atoms with E-state index in [-0.39, 0.29) is 0 Å². The third-order valence-electron chi connectivity index (χ3n) is 2.62. The van der Waals surface area contributed by atoms with Gasteiger partial charge < -0.3 is 10.1 Å². The van der Waals surface area contributed by atoms with Crippen molar-refractivity contribution >= 4 is 0 Å². The molecule has 2 heterocycles. The zero-order chi connectivity index (χ0) is 8.93. The zero-order valence-corrected chi connectivity index (χ0v) is 8.04. The van der Waals surface area contributed by atoms with Crippen LogP contribution in [0.1, 0.15) is 6.42 Å². The molecule has 3 nitrogen and oxygen atoms in total. The summed E-state index contributed by atoms with van der Waals surface area (Å²) >= 11 is 0. The van der Waals surface area contributed by atoms with Gasteiger partial charge >= 0.3 is 0 Å². The van der Waals surface area contributed by atoms with Crippen LogP contribution in [0.5, 0.6) is 0 Å². The largest absolute Gasteiger partial charge is 0.378 e. The lowest BCUT2D eigenvalue weighted by Crippen LogP contribution is -2.49. The molecule has 0 aromatic carbocycles. The normalized spacial score (nSPS) is 30.6. The Hall–Kier alpha value is -0.380. The molecule has 2 aliphatic heterocycles. The average Bonchev–Trinajstić information content (AvgIpc) is 2.21. The fraction of sp³-hybridized carbons (Fsp3) is 0.800. The minimum Gasteiger partial charge on any atom is -0.378 e. The summed E-state index contributed by atoms with van der Waals surface area (Å²) in [5, 5.41) is 3.48. The third-order valence-corrected chi connectivity index (χ3v) is 2.62. The Labute approximate surface area is 79.7 Å². The molecule has 74 valence electrons. The van der Waals surface area contributed by atoms with Gasteiger partial charge in [-0.05, 0) is 6.42 Å². The van der Waals surface area contributed by atoms with E-state index >= 15 is 0 Å². The summed E-state index contributed by atoms with van der Waals surface area (Å²) in [5.74, 6) is 0. The highest BCUT2D eigenvalue weighted by molar-refractivity contribution is 4.92. The maximum Gasteiger partial charge on any atom is 0.0632 e. The van der Waals surface area contributed by atoms with Gasteiger partial charge in [0, 0.05) is 32.2 Å². The summed E-state index contributed by atoms with van der Waals surface area (Å²) in [5.41, 5.74) is 0. The van der Waals surface area contributed by atoms with E-state index in [4.69, 9.17) is 4.74 Å². The average molecular weight is 182 g/mol. The Morgan fingerprint density at radius 3 is 3.15 bits per heavy atom. The Kier molecular flexibility index (Phi) is 3.35. The quantitative estimate of drug-likeness (QED) is 0.619. The molecule has 0 radical (unpaired) electrons.